The topological polar surface area (TPSA) is 54.5 Å². The first-order chi connectivity index (χ1) is 7.79. The Kier molecular flexibility index (Phi) is 7.86. The van der Waals surface area contributed by atoms with E-state index in [0.717, 1.165) is 12.2 Å². The molecular formula is C11H17Cl2N3O2. The SMILES string of the molecule is CN(C(=O)C1CNCCO1)c1cccnc1.Cl.Cl. The lowest BCUT2D eigenvalue weighted by Crippen LogP contribution is -2.48. The summed E-state index contributed by atoms with van der Waals surface area (Å²) in [6.07, 6.45) is 2.95. The molecule has 0 bridgehead atoms. The van der Waals surface area contributed by atoms with E-state index in [1.807, 2.05) is 6.07 Å². The van der Waals surface area contributed by atoms with Crippen molar-refractivity contribution in [2.24, 2.45) is 0 Å². The summed E-state index contributed by atoms with van der Waals surface area (Å²) < 4.78 is 5.41. The molecule has 2 heterocycles. The number of likely N-dealkylation sites (N-methyl/N-ethyl adjacent to an activating group) is 1. The molecule has 0 spiro atoms. The van der Waals surface area contributed by atoms with Crippen LogP contribution in [-0.4, -0.2) is 43.7 Å². The molecule has 18 heavy (non-hydrogen) atoms. The van der Waals surface area contributed by atoms with Crippen molar-refractivity contribution in [1.29, 1.82) is 0 Å². The van der Waals surface area contributed by atoms with Gasteiger partial charge in [-0.15, -0.1) is 24.8 Å². The maximum absolute atomic E-state index is 12.0. The second-order valence-corrected chi connectivity index (χ2v) is 3.67. The van der Waals surface area contributed by atoms with Crippen LogP contribution in [0.3, 0.4) is 0 Å². The third kappa shape index (κ3) is 4.10. The third-order valence-corrected chi connectivity index (χ3v) is 2.57. The molecule has 1 aliphatic rings. The van der Waals surface area contributed by atoms with Crippen molar-refractivity contribution in [3.8, 4) is 0 Å². The number of nitrogens with one attached hydrogen (secondary N) is 1. The number of rotatable bonds is 2. The number of nitrogens with zero attached hydrogens (tertiary/aromatic N) is 2. The van der Waals surface area contributed by atoms with Crippen LogP contribution >= 0.6 is 24.8 Å². The van der Waals surface area contributed by atoms with Crippen molar-refractivity contribution in [1.82, 2.24) is 10.3 Å². The lowest BCUT2D eigenvalue weighted by atomic mass is 10.2. The Labute approximate surface area is 119 Å². The van der Waals surface area contributed by atoms with Gasteiger partial charge in [-0.1, -0.05) is 0 Å². The zero-order valence-corrected chi connectivity index (χ0v) is 11.7. The average molecular weight is 294 g/mol. The van der Waals surface area contributed by atoms with Gasteiger partial charge in [0.15, 0.2) is 0 Å². The van der Waals surface area contributed by atoms with Crippen molar-refractivity contribution in [2.45, 2.75) is 6.10 Å². The quantitative estimate of drug-likeness (QED) is 0.879. The Morgan fingerprint density at radius 2 is 2.33 bits per heavy atom. The molecule has 1 fully saturated rings. The Morgan fingerprint density at radius 3 is 2.89 bits per heavy atom. The summed E-state index contributed by atoms with van der Waals surface area (Å²) in [5, 5.41) is 3.13. The van der Waals surface area contributed by atoms with Gasteiger partial charge in [0.05, 0.1) is 18.5 Å². The molecule has 1 aromatic heterocycles. The van der Waals surface area contributed by atoms with E-state index in [0.29, 0.717) is 13.2 Å². The molecule has 1 aliphatic heterocycles. The van der Waals surface area contributed by atoms with E-state index in [9.17, 15) is 4.79 Å². The highest BCUT2D eigenvalue weighted by atomic mass is 35.5. The molecule has 1 amide bonds. The highest BCUT2D eigenvalue weighted by Gasteiger charge is 2.25. The molecule has 0 saturated carbocycles. The van der Waals surface area contributed by atoms with Gasteiger partial charge in [-0.05, 0) is 12.1 Å². The van der Waals surface area contributed by atoms with Crippen molar-refractivity contribution < 1.29 is 9.53 Å². The average Bonchev–Trinajstić information content (AvgIpc) is 2.39. The highest BCUT2D eigenvalue weighted by Crippen LogP contribution is 2.12. The zero-order valence-electron chi connectivity index (χ0n) is 10.0. The largest absolute Gasteiger partial charge is 0.366 e. The van der Waals surface area contributed by atoms with Crippen LogP contribution in [0, 0.1) is 0 Å². The highest BCUT2D eigenvalue weighted by molar-refractivity contribution is 5.96. The summed E-state index contributed by atoms with van der Waals surface area (Å²) in [7, 11) is 1.73. The summed E-state index contributed by atoms with van der Waals surface area (Å²) in [5.74, 6) is -0.0415. The number of ether oxygens (including phenoxy) is 1. The van der Waals surface area contributed by atoms with E-state index in [-0.39, 0.29) is 36.8 Å². The van der Waals surface area contributed by atoms with E-state index in [1.54, 1.807) is 30.4 Å². The molecule has 1 unspecified atom stereocenters. The molecule has 1 aromatic rings. The van der Waals surface area contributed by atoms with E-state index in [1.165, 1.54) is 0 Å². The lowest BCUT2D eigenvalue weighted by Gasteiger charge is -2.27. The van der Waals surface area contributed by atoms with Crippen LogP contribution in [0.15, 0.2) is 24.5 Å². The van der Waals surface area contributed by atoms with Crippen molar-refractivity contribution in [2.75, 3.05) is 31.6 Å². The molecule has 0 radical (unpaired) electrons. The standard InChI is InChI=1S/C11H15N3O2.2ClH/c1-14(9-3-2-4-12-7-9)11(15)10-8-13-5-6-16-10;;/h2-4,7,10,13H,5-6,8H2,1H3;2*1H. The number of anilines is 1. The van der Waals surface area contributed by atoms with Crippen LogP contribution in [0.1, 0.15) is 0 Å². The number of hydrogen-bond donors (Lipinski definition) is 1. The van der Waals surface area contributed by atoms with E-state index >= 15 is 0 Å². The summed E-state index contributed by atoms with van der Waals surface area (Å²) in [6.45, 7) is 1.96. The van der Waals surface area contributed by atoms with Gasteiger partial charge in [0.1, 0.15) is 6.10 Å². The first kappa shape index (κ1) is 17.1. The fraction of sp³-hybridized carbons (Fsp3) is 0.455. The molecule has 5 nitrogen and oxygen atoms in total. The number of halogens is 2. The minimum Gasteiger partial charge on any atom is -0.366 e. The van der Waals surface area contributed by atoms with E-state index in [4.69, 9.17) is 4.74 Å². The first-order valence-corrected chi connectivity index (χ1v) is 5.29. The maximum Gasteiger partial charge on any atom is 0.257 e. The minimum atomic E-state index is -0.390. The van der Waals surface area contributed by atoms with Crippen LogP contribution in [0.4, 0.5) is 5.69 Å². The third-order valence-electron chi connectivity index (χ3n) is 2.57. The van der Waals surface area contributed by atoms with Gasteiger partial charge >= 0.3 is 0 Å². The van der Waals surface area contributed by atoms with Gasteiger partial charge in [-0.25, -0.2) is 0 Å². The van der Waals surface area contributed by atoms with E-state index in [2.05, 4.69) is 10.3 Å². The predicted octanol–water partition coefficient (Wildman–Crippen LogP) is 0.876. The van der Waals surface area contributed by atoms with Crippen molar-refractivity contribution in [3.63, 3.8) is 0 Å². The van der Waals surface area contributed by atoms with E-state index < -0.39 is 0 Å². The van der Waals surface area contributed by atoms with Gasteiger partial charge in [-0.2, -0.15) is 0 Å². The number of amides is 1. The fourth-order valence-electron chi connectivity index (χ4n) is 1.62. The van der Waals surface area contributed by atoms with Crippen molar-refractivity contribution >= 4 is 36.4 Å². The molecule has 1 N–H and O–H groups in total. The normalized spacial score (nSPS) is 18.2. The second kappa shape index (κ2) is 8.26. The Morgan fingerprint density at radius 1 is 1.56 bits per heavy atom. The predicted molar refractivity (Wildman–Crippen MR) is 74.8 cm³/mol. The first-order valence-electron chi connectivity index (χ1n) is 5.29. The Balaban J connectivity index is 0.00000144. The molecule has 1 atom stereocenters. The summed E-state index contributed by atoms with van der Waals surface area (Å²) in [5.41, 5.74) is 0.779. The van der Waals surface area contributed by atoms with Crippen molar-refractivity contribution in [3.05, 3.63) is 24.5 Å². The molecule has 2 rings (SSSR count). The molecule has 1 saturated heterocycles. The number of aromatic nitrogens is 1. The van der Waals surface area contributed by atoms with Crippen LogP contribution in [-0.2, 0) is 9.53 Å². The van der Waals surface area contributed by atoms with Crippen LogP contribution in [0.5, 0.6) is 0 Å². The molecule has 102 valence electrons. The minimum absolute atomic E-state index is 0. The monoisotopic (exact) mass is 293 g/mol. The molecular weight excluding hydrogens is 277 g/mol. The van der Waals surface area contributed by atoms with Gasteiger partial charge in [0.25, 0.3) is 5.91 Å². The fourth-order valence-corrected chi connectivity index (χ4v) is 1.62. The molecule has 0 aromatic carbocycles. The smallest absolute Gasteiger partial charge is 0.257 e. The summed E-state index contributed by atoms with van der Waals surface area (Å²) >= 11 is 0. The Bertz CT molecular complexity index is 359. The maximum atomic E-state index is 12.0. The number of hydrogen-bond acceptors (Lipinski definition) is 4. The lowest BCUT2D eigenvalue weighted by molar-refractivity contribution is -0.131. The zero-order chi connectivity index (χ0) is 11.4. The van der Waals surface area contributed by atoms with Crippen LogP contribution < -0.4 is 10.2 Å². The second-order valence-electron chi connectivity index (χ2n) is 3.67. The molecule has 0 aliphatic carbocycles. The van der Waals surface area contributed by atoms with Crippen LogP contribution in [0.2, 0.25) is 0 Å². The van der Waals surface area contributed by atoms with Crippen LogP contribution in [0.25, 0.3) is 0 Å². The number of morpholine rings is 1. The Hall–Kier alpha value is -0.880. The summed E-state index contributed by atoms with van der Waals surface area (Å²) in [6, 6.07) is 3.65. The number of carbonyl (C=O) groups excluding carboxylic acids is 1. The van der Waals surface area contributed by atoms with Gasteiger partial charge in [0.2, 0.25) is 0 Å². The van der Waals surface area contributed by atoms with Gasteiger partial charge in [0, 0.05) is 26.3 Å². The number of carbonyl (C=O) groups is 1. The molecule has 7 heteroatoms. The summed E-state index contributed by atoms with van der Waals surface area (Å²) in [4.78, 5) is 17.6. The van der Waals surface area contributed by atoms with Gasteiger partial charge < -0.3 is 15.0 Å². The van der Waals surface area contributed by atoms with Gasteiger partial charge in [-0.3, -0.25) is 9.78 Å². The number of pyridine rings is 1.